The van der Waals surface area contributed by atoms with Crippen molar-refractivity contribution in [2.24, 2.45) is 0 Å². The molecule has 0 aromatic heterocycles. The minimum Gasteiger partial charge on any atom is -0.493 e. The summed E-state index contributed by atoms with van der Waals surface area (Å²) in [6.45, 7) is 4.64. The Morgan fingerprint density at radius 1 is 0.864 bits per heavy atom. The summed E-state index contributed by atoms with van der Waals surface area (Å²) in [5, 5.41) is 18.5. The van der Waals surface area contributed by atoms with Crippen LogP contribution in [0.25, 0.3) is 0 Å². The van der Waals surface area contributed by atoms with E-state index in [0.29, 0.717) is 13.2 Å². The number of carbonyl (C=O) groups is 2. The first-order valence-electron chi connectivity index (χ1n) is 7.41. The topological polar surface area (TPSA) is 93.1 Å². The summed E-state index contributed by atoms with van der Waals surface area (Å²) >= 11 is 0. The quantitative estimate of drug-likeness (QED) is 0.643. The molecular weight excluding hydrogens is 288 g/mol. The summed E-state index contributed by atoms with van der Waals surface area (Å²) in [4.78, 5) is 22.7. The van der Waals surface area contributed by atoms with Crippen LogP contribution in [0.2, 0.25) is 0 Å². The van der Waals surface area contributed by atoms with Gasteiger partial charge in [0, 0.05) is 0 Å². The lowest BCUT2D eigenvalue weighted by molar-refractivity contribution is 0.0672. The largest absolute Gasteiger partial charge is 0.493 e. The van der Waals surface area contributed by atoms with Gasteiger partial charge in [-0.2, -0.15) is 0 Å². The van der Waals surface area contributed by atoms with E-state index >= 15 is 0 Å². The number of carboxylic acids is 2. The first kappa shape index (κ1) is 17.8. The highest BCUT2D eigenvalue weighted by atomic mass is 16.5. The molecule has 0 radical (unpaired) electrons. The van der Waals surface area contributed by atoms with E-state index in [9.17, 15) is 19.8 Å². The number of aromatic carboxylic acids is 2. The molecule has 0 spiro atoms. The van der Waals surface area contributed by atoms with Crippen LogP contribution in [-0.2, 0) is 0 Å². The van der Waals surface area contributed by atoms with Gasteiger partial charge in [-0.3, -0.25) is 0 Å². The van der Waals surface area contributed by atoms with Crippen LogP contribution in [0.4, 0.5) is 0 Å². The number of rotatable bonds is 10. The Hall–Kier alpha value is -2.24. The summed E-state index contributed by atoms with van der Waals surface area (Å²) in [6.07, 6.45) is 3.31. The van der Waals surface area contributed by atoms with Crippen molar-refractivity contribution >= 4 is 11.9 Å². The molecule has 0 atom stereocenters. The number of hydrogen-bond donors (Lipinski definition) is 2. The molecule has 0 saturated heterocycles. The second kappa shape index (κ2) is 8.92. The van der Waals surface area contributed by atoms with Gasteiger partial charge in [0.2, 0.25) is 0 Å². The fourth-order valence-corrected chi connectivity index (χ4v) is 1.79. The molecule has 0 aliphatic rings. The molecule has 6 heteroatoms. The lowest BCUT2D eigenvalue weighted by Crippen LogP contribution is -2.10. The molecule has 0 bridgehead atoms. The predicted molar refractivity (Wildman–Crippen MR) is 81.2 cm³/mol. The third kappa shape index (κ3) is 4.95. The van der Waals surface area contributed by atoms with E-state index in [4.69, 9.17) is 9.47 Å². The van der Waals surface area contributed by atoms with E-state index in [1.165, 1.54) is 12.1 Å². The zero-order chi connectivity index (χ0) is 16.5. The number of hydrogen-bond acceptors (Lipinski definition) is 4. The molecule has 0 aliphatic carbocycles. The van der Waals surface area contributed by atoms with E-state index in [1.54, 1.807) is 0 Å². The van der Waals surface area contributed by atoms with Crippen LogP contribution in [0.15, 0.2) is 12.1 Å². The number of benzene rings is 1. The minimum atomic E-state index is -1.18. The molecular formula is C16H22O6. The highest BCUT2D eigenvalue weighted by molar-refractivity contribution is 5.97. The lowest BCUT2D eigenvalue weighted by Gasteiger charge is -2.14. The SMILES string of the molecule is CCCCOc1cc(C(=O)O)c(OCCCC)cc1C(=O)O. The second-order valence-electron chi connectivity index (χ2n) is 4.86. The highest BCUT2D eigenvalue weighted by Crippen LogP contribution is 2.30. The molecule has 1 aromatic carbocycles. The third-order valence-corrected chi connectivity index (χ3v) is 3.05. The van der Waals surface area contributed by atoms with E-state index in [2.05, 4.69) is 0 Å². The molecule has 22 heavy (non-hydrogen) atoms. The van der Waals surface area contributed by atoms with Gasteiger partial charge < -0.3 is 19.7 Å². The maximum atomic E-state index is 11.3. The molecule has 0 amide bonds. The summed E-state index contributed by atoms with van der Waals surface area (Å²) in [5.41, 5.74) is -0.180. The van der Waals surface area contributed by atoms with Gasteiger partial charge in [-0.15, -0.1) is 0 Å². The molecule has 0 aliphatic heterocycles. The van der Waals surface area contributed by atoms with Gasteiger partial charge in [0.15, 0.2) is 0 Å². The van der Waals surface area contributed by atoms with Gasteiger partial charge in [-0.25, -0.2) is 9.59 Å². The van der Waals surface area contributed by atoms with Crippen molar-refractivity contribution < 1.29 is 29.3 Å². The molecule has 0 unspecified atom stereocenters. The number of ether oxygens (including phenoxy) is 2. The molecule has 0 fully saturated rings. The third-order valence-electron chi connectivity index (χ3n) is 3.05. The first-order valence-corrected chi connectivity index (χ1v) is 7.41. The Labute approximate surface area is 129 Å². The fraction of sp³-hybridized carbons (Fsp3) is 0.500. The van der Waals surface area contributed by atoms with E-state index in [-0.39, 0.29) is 22.6 Å². The van der Waals surface area contributed by atoms with Gasteiger partial charge >= 0.3 is 11.9 Å². The van der Waals surface area contributed by atoms with Crippen LogP contribution in [0.5, 0.6) is 11.5 Å². The van der Waals surface area contributed by atoms with Crippen molar-refractivity contribution in [3.05, 3.63) is 23.3 Å². The normalized spacial score (nSPS) is 10.3. The molecule has 122 valence electrons. The van der Waals surface area contributed by atoms with Gasteiger partial charge in [-0.1, -0.05) is 26.7 Å². The first-order chi connectivity index (χ1) is 10.5. The maximum Gasteiger partial charge on any atom is 0.339 e. The van der Waals surface area contributed by atoms with E-state index in [0.717, 1.165) is 25.7 Å². The zero-order valence-corrected chi connectivity index (χ0v) is 12.9. The summed E-state index contributed by atoms with van der Waals surface area (Å²) in [7, 11) is 0. The number of unbranched alkanes of at least 4 members (excludes halogenated alkanes) is 2. The highest BCUT2D eigenvalue weighted by Gasteiger charge is 2.20. The van der Waals surface area contributed by atoms with Crippen LogP contribution in [-0.4, -0.2) is 35.4 Å². The van der Waals surface area contributed by atoms with Crippen LogP contribution < -0.4 is 9.47 Å². The van der Waals surface area contributed by atoms with E-state index < -0.39 is 11.9 Å². The summed E-state index contributed by atoms with van der Waals surface area (Å²) < 4.78 is 10.8. The average molecular weight is 310 g/mol. The Morgan fingerprint density at radius 3 is 1.50 bits per heavy atom. The molecule has 1 aromatic rings. The minimum absolute atomic E-state index is 0.0567. The van der Waals surface area contributed by atoms with Crippen molar-refractivity contribution in [3.63, 3.8) is 0 Å². The molecule has 6 nitrogen and oxygen atoms in total. The predicted octanol–water partition coefficient (Wildman–Crippen LogP) is 3.44. The zero-order valence-electron chi connectivity index (χ0n) is 12.9. The Bertz CT molecular complexity index is 476. The standard InChI is InChI=1S/C16H22O6/c1-3-5-7-21-13-9-12(16(19)20)14(22-8-6-4-2)10-11(13)15(17)18/h9-10H,3-8H2,1-2H3,(H,17,18)(H,19,20). The molecule has 0 heterocycles. The Kier molecular flexibility index (Phi) is 7.22. The summed E-state index contributed by atoms with van der Waals surface area (Å²) in [6, 6.07) is 2.45. The fourth-order valence-electron chi connectivity index (χ4n) is 1.79. The maximum absolute atomic E-state index is 11.3. The van der Waals surface area contributed by atoms with E-state index in [1.807, 2.05) is 13.8 Å². The van der Waals surface area contributed by atoms with Gasteiger partial charge in [-0.05, 0) is 25.0 Å². The molecule has 1 rings (SSSR count). The van der Waals surface area contributed by atoms with Crippen LogP contribution in [0.1, 0.15) is 60.2 Å². The van der Waals surface area contributed by atoms with Crippen LogP contribution >= 0.6 is 0 Å². The lowest BCUT2D eigenvalue weighted by atomic mass is 10.1. The number of carboxylic acid groups (broad SMARTS) is 2. The Balaban J connectivity index is 3.13. The monoisotopic (exact) mass is 310 g/mol. The van der Waals surface area contributed by atoms with Crippen LogP contribution in [0.3, 0.4) is 0 Å². The molecule has 0 saturated carbocycles. The van der Waals surface area contributed by atoms with Crippen molar-refractivity contribution in [2.75, 3.05) is 13.2 Å². The van der Waals surface area contributed by atoms with Crippen molar-refractivity contribution in [2.45, 2.75) is 39.5 Å². The van der Waals surface area contributed by atoms with Crippen molar-refractivity contribution in [1.29, 1.82) is 0 Å². The second-order valence-corrected chi connectivity index (χ2v) is 4.86. The smallest absolute Gasteiger partial charge is 0.339 e. The molecule has 2 N–H and O–H groups in total. The van der Waals surface area contributed by atoms with Crippen molar-refractivity contribution in [1.82, 2.24) is 0 Å². The van der Waals surface area contributed by atoms with Crippen molar-refractivity contribution in [3.8, 4) is 11.5 Å². The van der Waals surface area contributed by atoms with Gasteiger partial charge in [0.1, 0.15) is 22.6 Å². The van der Waals surface area contributed by atoms with Gasteiger partial charge in [0.05, 0.1) is 13.2 Å². The van der Waals surface area contributed by atoms with Crippen LogP contribution in [0, 0.1) is 0 Å². The average Bonchev–Trinajstić information content (AvgIpc) is 2.47. The Morgan fingerprint density at radius 2 is 1.23 bits per heavy atom. The van der Waals surface area contributed by atoms with Gasteiger partial charge in [0.25, 0.3) is 0 Å². The summed E-state index contributed by atoms with van der Waals surface area (Å²) in [5.74, 6) is -2.24.